The number of alkyl halides is 2. The van der Waals surface area contributed by atoms with Gasteiger partial charge in [0.05, 0.1) is 6.54 Å². The van der Waals surface area contributed by atoms with Crippen molar-refractivity contribution in [2.75, 3.05) is 24.2 Å². The summed E-state index contributed by atoms with van der Waals surface area (Å²) in [5.41, 5.74) is 5.40. The molecule has 0 saturated heterocycles. The van der Waals surface area contributed by atoms with Crippen molar-refractivity contribution in [1.82, 2.24) is 4.98 Å². The highest BCUT2D eigenvalue weighted by Gasteiger charge is 2.09. The zero-order valence-corrected chi connectivity index (χ0v) is 7.24. The number of rotatable bonds is 3. The van der Waals surface area contributed by atoms with Crippen molar-refractivity contribution in [1.29, 1.82) is 0 Å². The molecule has 0 saturated carbocycles. The Hall–Kier alpha value is -1.39. The molecule has 0 atom stereocenters. The van der Waals surface area contributed by atoms with Gasteiger partial charge in [-0.05, 0) is 12.1 Å². The second-order valence-corrected chi connectivity index (χ2v) is 2.69. The molecule has 0 spiro atoms. The van der Waals surface area contributed by atoms with E-state index in [9.17, 15) is 8.78 Å². The molecule has 0 aliphatic heterocycles. The predicted molar refractivity (Wildman–Crippen MR) is 47.9 cm³/mol. The minimum Gasteiger partial charge on any atom is -0.384 e. The average Bonchev–Trinajstić information content (AvgIpc) is 2.03. The first-order chi connectivity index (χ1) is 6.09. The fourth-order valence-electron chi connectivity index (χ4n) is 0.953. The van der Waals surface area contributed by atoms with Gasteiger partial charge in [-0.1, -0.05) is 6.07 Å². The summed E-state index contributed by atoms with van der Waals surface area (Å²) >= 11 is 0. The van der Waals surface area contributed by atoms with Crippen LogP contribution in [0, 0.1) is 0 Å². The van der Waals surface area contributed by atoms with Crippen molar-refractivity contribution in [3.05, 3.63) is 18.2 Å². The standard InChI is InChI=1S/C8H11F2N3/c1-13(5-6(9)10)8-4-2-3-7(11)12-8/h2-4,6H,5H2,1H3,(H2,11,12). The van der Waals surface area contributed by atoms with Crippen LogP contribution in [0.3, 0.4) is 0 Å². The molecule has 5 heteroatoms. The Morgan fingerprint density at radius 3 is 2.77 bits per heavy atom. The van der Waals surface area contributed by atoms with Crippen LogP contribution in [0.25, 0.3) is 0 Å². The van der Waals surface area contributed by atoms with Gasteiger partial charge >= 0.3 is 0 Å². The lowest BCUT2D eigenvalue weighted by atomic mass is 10.4. The van der Waals surface area contributed by atoms with Gasteiger partial charge in [0, 0.05) is 7.05 Å². The van der Waals surface area contributed by atoms with Gasteiger partial charge in [0.25, 0.3) is 6.43 Å². The first-order valence-electron chi connectivity index (χ1n) is 3.81. The van der Waals surface area contributed by atoms with E-state index in [0.717, 1.165) is 0 Å². The Bertz CT molecular complexity index is 278. The van der Waals surface area contributed by atoms with E-state index in [-0.39, 0.29) is 6.54 Å². The molecule has 72 valence electrons. The number of nitrogens with zero attached hydrogens (tertiary/aromatic N) is 2. The lowest BCUT2D eigenvalue weighted by Crippen LogP contribution is -2.24. The van der Waals surface area contributed by atoms with Gasteiger partial charge in [0.2, 0.25) is 0 Å². The maximum Gasteiger partial charge on any atom is 0.255 e. The van der Waals surface area contributed by atoms with E-state index in [1.165, 1.54) is 4.90 Å². The molecule has 1 aromatic heterocycles. The lowest BCUT2D eigenvalue weighted by molar-refractivity contribution is 0.156. The highest BCUT2D eigenvalue weighted by atomic mass is 19.3. The van der Waals surface area contributed by atoms with Gasteiger partial charge in [0.1, 0.15) is 11.6 Å². The Kier molecular flexibility index (Phi) is 3.00. The van der Waals surface area contributed by atoms with Crippen LogP contribution in [0.4, 0.5) is 20.4 Å². The van der Waals surface area contributed by atoms with Crippen LogP contribution < -0.4 is 10.6 Å². The quantitative estimate of drug-likeness (QED) is 0.777. The smallest absolute Gasteiger partial charge is 0.255 e. The van der Waals surface area contributed by atoms with Crippen molar-refractivity contribution in [3.8, 4) is 0 Å². The molecule has 13 heavy (non-hydrogen) atoms. The maximum atomic E-state index is 12.0. The molecule has 0 amide bonds. The molecule has 0 fully saturated rings. The fraction of sp³-hybridized carbons (Fsp3) is 0.375. The first kappa shape index (κ1) is 9.70. The Labute approximate surface area is 75.2 Å². The van der Waals surface area contributed by atoms with Crippen LogP contribution in [0.5, 0.6) is 0 Å². The molecular formula is C8H11F2N3. The zero-order chi connectivity index (χ0) is 9.84. The van der Waals surface area contributed by atoms with Gasteiger partial charge in [-0.15, -0.1) is 0 Å². The number of hydrogen-bond acceptors (Lipinski definition) is 3. The number of nitrogens with two attached hydrogens (primary N) is 1. The normalized spacial score (nSPS) is 10.5. The molecular weight excluding hydrogens is 176 g/mol. The highest BCUT2D eigenvalue weighted by Crippen LogP contribution is 2.11. The average molecular weight is 187 g/mol. The summed E-state index contributed by atoms with van der Waals surface area (Å²) in [5.74, 6) is 0.791. The third-order valence-electron chi connectivity index (χ3n) is 1.56. The van der Waals surface area contributed by atoms with Gasteiger partial charge in [-0.2, -0.15) is 0 Å². The molecule has 0 bridgehead atoms. The lowest BCUT2D eigenvalue weighted by Gasteiger charge is -2.17. The molecule has 0 aromatic carbocycles. The summed E-state index contributed by atoms with van der Waals surface area (Å²) in [6.07, 6.45) is -2.37. The summed E-state index contributed by atoms with van der Waals surface area (Å²) < 4.78 is 23.9. The van der Waals surface area contributed by atoms with Gasteiger partial charge in [-0.3, -0.25) is 0 Å². The van der Waals surface area contributed by atoms with Crippen LogP contribution >= 0.6 is 0 Å². The SMILES string of the molecule is CN(CC(F)F)c1cccc(N)n1. The number of halogens is 2. The summed E-state index contributed by atoms with van der Waals surface area (Å²) in [6.45, 7) is -0.337. The van der Waals surface area contributed by atoms with Crippen LogP contribution in [0.1, 0.15) is 0 Å². The molecule has 1 heterocycles. The zero-order valence-electron chi connectivity index (χ0n) is 7.24. The van der Waals surface area contributed by atoms with E-state index in [1.54, 1.807) is 25.2 Å². The van der Waals surface area contributed by atoms with Crippen molar-refractivity contribution < 1.29 is 8.78 Å². The Balaban J connectivity index is 2.71. The number of anilines is 2. The summed E-state index contributed by atoms with van der Waals surface area (Å²) in [5, 5.41) is 0. The minimum atomic E-state index is -2.37. The first-order valence-corrected chi connectivity index (χ1v) is 3.81. The van der Waals surface area contributed by atoms with E-state index in [2.05, 4.69) is 4.98 Å². The van der Waals surface area contributed by atoms with Crippen LogP contribution in [0.15, 0.2) is 18.2 Å². The van der Waals surface area contributed by atoms with Crippen LogP contribution in [-0.2, 0) is 0 Å². The molecule has 0 aliphatic rings. The van der Waals surface area contributed by atoms with Crippen molar-refractivity contribution in [2.24, 2.45) is 0 Å². The fourth-order valence-corrected chi connectivity index (χ4v) is 0.953. The number of nitrogen functional groups attached to an aromatic ring is 1. The van der Waals surface area contributed by atoms with E-state index in [4.69, 9.17) is 5.73 Å². The Morgan fingerprint density at radius 2 is 2.23 bits per heavy atom. The molecule has 1 rings (SSSR count). The molecule has 0 radical (unpaired) electrons. The molecule has 0 aliphatic carbocycles. The molecule has 3 nitrogen and oxygen atoms in total. The summed E-state index contributed by atoms with van der Waals surface area (Å²) in [7, 11) is 1.55. The second-order valence-electron chi connectivity index (χ2n) is 2.69. The van der Waals surface area contributed by atoms with Crippen molar-refractivity contribution in [2.45, 2.75) is 6.43 Å². The van der Waals surface area contributed by atoms with E-state index >= 15 is 0 Å². The maximum absolute atomic E-state index is 12.0. The number of pyridine rings is 1. The number of hydrogen-bond donors (Lipinski definition) is 1. The van der Waals surface area contributed by atoms with Gasteiger partial charge in [0.15, 0.2) is 0 Å². The highest BCUT2D eigenvalue weighted by molar-refractivity contribution is 5.43. The van der Waals surface area contributed by atoms with Crippen molar-refractivity contribution in [3.63, 3.8) is 0 Å². The largest absolute Gasteiger partial charge is 0.384 e. The van der Waals surface area contributed by atoms with E-state index in [1.807, 2.05) is 0 Å². The molecule has 0 unspecified atom stereocenters. The van der Waals surface area contributed by atoms with E-state index in [0.29, 0.717) is 11.6 Å². The monoisotopic (exact) mass is 187 g/mol. The van der Waals surface area contributed by atoms with Crippen LogP contribution in [0.2, 0.25) is 0 Å². The van der Waals surface area contributed by atoms with E-state index < -0.39 is 6.43 Å². The van der Waals surface area contributed by atoms with Crippen molar-refractivity contribution >= 4 is 11.6 Å². The van der Waals surface area contributed by atoms with Crippen LogP contribution in [-0.4, -0.2) is 25.0 Å². The summed E-state index contributed by atoms with van der Waals surface area (Å²) in [4.78, 5) is 5.26. The topological polar surface area (TPSA) is 42.1 Å². The molecule has 1 aromatic rings. The summed E-state index contributed by atoms with van der Waals surface area (Å²) in [6, 6.07) is 4.93. The van der Waals surface area contributed by atoms with Gasteiger partial charge < -0.3 is 10.6 Å². The minimum absolute atomic E-state index is 0.332. The molecule has 2 N–H and O–H groups in total. The second kappa shape index (κ2) is 4.02. The number of aromatic nitrogens is 1. The third-order valence-corrected chi connectivity index (χ3v) is 1.56. The Morgan fingerprint density at radius 1 is 1.54 bits per heavy atom. The predicted octanol–water partition coefficient (Wildman–Crippen LogP) is 1.37. The van der Waals surface area contributed by atoms with Gasteiger partial charge in [-0.25, -0.2) is 13.8 Å². The third kappa shape index (κ3) is 2.85.